The van der Waals surface area contributed by atoms with Gasteiger partial charge in [0.1, 0.15) is 6.04 Å². The molecule has 0 saturated heterocycles. The van der Waals surface area contributed by atoms with E-state index in [-0.39, 0.29) is 18.4 Å². The largest absolute Gasteiger partial charge is 0.481 e. The van der Waals surface area contributed by atoms with Crippen LogP contribution in [0.2, 0.25) is 0 Å². The molecular formula is C16H22N2O4S. The first-order valence-electron chi connectivity index (χ1n) is 7.80. The predicted molar refractivity (Wildman–Crippen MR) is 87.4 cm³/mol. The average molecular weight is 338 g/mol. The van der Waals surface area contributed by atoms with Gasteiger partial charge in [-0.15, -0.1) is 11.3 Å². The van der Waals surface area contributed by atoms with Gasteiger partial charge in [-0.1, -0.05) is 25.3 Å². The monoisotopic (exact) mass is 338 g/mol. The zero-order valence-electron chi connectivity index (χ0n) is 13.1. The zero-order valence-corrected chi connectivity index (χ0v) is 13.9. The Labute approximate surface area is 139 Å². The molecule has 0 aromatic carbocycles. The molecule has 126 valence electrons. The highest BCUT2D eigenvalue weighted by atomic mass is 32.1. The first-order valence-corrected chi connectivity index (χ1v) is 8.68. The molecule has 2 amide bonds. The Balaban J connectivity index is 1.87. The molecular weight excluding hydrogens is 316 g/mol. The summed E-state index contributed by atoms with van der Waals surface area (Å²) >= 11 is 1.30. The van der Waals surface area contributed by atoms with Crippen LogP contribution < -0.4 is 10.6 Å². The lowest BCUT2D eigenvalue weighted by atomic mass is 9.74. The third-order valence-corrected chi connectivity index (χ3v) is 5.22. The van der Waals surface area contributed by atoms with Gasteiger partial charge in [-0.05, 0) is 31.2 Å². The van der Waals surface area contributed by atoms with Crippen LogP contribution in [0.25, 0.3) is 0 Å². The Morgan fingerprint density at radius 1 is 1.30 bits per heavy atom. The Morgan fingerprint density at radius 3 is 2.57 bits per heavy atom. The second-order valence-corrected chi connectivity index (χ2v) is 6.98. The maximum atomic E-state index is 12.1. The van der Waals surface area contributed by atoms with E-state index in [1.54, 1.807) is 24.4 Å². The molecule has 1 saturated carbocycles. The van der Waals surface area contributed by atoms with Gasteiger partial charge in [0.05, 0.1) is 10.3 Å². The fourth-order valence-electron chi connectivity index (χ4n) is 2.85. The van der Waals surface area contributed by atoms with Gasteiger partial charge in [0.15, 0.2) is 0 Å². The van der Waals surface area contributed by atoms with E-state index in [0.29, 0.717) is 17.7 Å². The molecule has 1 unspecified atom stereocenters. The Kier molecular flexibility index (Phi) is 5.76. The van der Waals surface area contributed by atoms with Crippen molar-refractivity contribution in [2.75, 3.05) is 6.54 Å². The molecule has 1 atom stereocenters. The van der Waals surface area contributed by atoms with Crippen molar-refractivity contribution in [3.05, 3.63) is 22.4 Å². The minimum Gasteiger partial charge on any atom is -0.481 e. The summed E-state index contributed by atoms with van der Waals surface area (Å²) in [5.41, 5.74) is -0.870. The molecule has 1 aliphatic carbocycles. The predicted octanol–water partition coefficient (Wildman–Crippen LogP) is 2.02. The van der Waals surface area contributed by atoms with Crippen molar-refractivity contribution in [1.29, 1.82) is 0 Å². The summed E-state index contributed by atoms with van der Waals surface area (Å²) in [7, 11) is 0. The third-order valence-electron chi connectivity index (χ3n) is 4.35. The van der Waals surface area contributed by atoms with Gasteiger partial charge < -0.3 is 15.7 Å². The van der Waals surface area contributed by atoms with E-state index in [4.69, 9.17) is 0 Å². The van der Waals surface area contributed by atoms with E-state index in [9.17, 15) is 19.5 Å². The van der Waals surface area contributed by atoms with Crippen molar-refractivity contribution in [2.24, 2.45) is 5.41 Å². The summed E-state index contributed by atoms with van der Waals surface area (Å²) in [6.45, 7) is 1.70. The maximum absolute atomic E-state index is 12.1. The lowest BCUT2D eigenvalue weighted by molar-refractivity contribution is -0.151. The minimum absolute atomic E-state index is 0.111. The maximum Gasteiger partial charge on any atom is 0.311 e. The lowest BCUT2D eigenvalue weighted by Crippen LogP contribution is -2.50. The third kappa shape index (κ3) is 4.31. The number of amides is 2. The molecule has 0 radical (unpaired) electrons. The first-order chi connectivity index (χ1) is 10.9. The van der Waals surface area contributed by atoms with Crippen LogP contribution in [0.15, 0.2) is 17.5 Å². The number of carbonyl (C=O) groups is 3. The normalized spacial score (nSPS) is 18.0. The van der Waals surface area contributed by atoms with Gasteiger partial charge in [0.25, 0.3) is 5.91 Å². The van der Waals surface area contributed by atoms with Crippen LogP contribution in [0.4, 0.5) is 0 Å². The van der Waals surface area contributed by atoms with Crippen LogP contribution in [0.5, 0.6) is 0 Å². The number of rotatable bonds is 6. The summed E-state index contributed by atoms with van der Waals surface area (Å²) in [4.78, 5) is 36.2. The Hall–Kier alpha value is -1.89. The number of carbonyl (C=O) groups excluding carboxylic acids is 2. The standard InChI is InChI=1S/C16H22N2O4S/c1-11(18-14(20)12-6-5-9-23-12)13(19)17-10-16(15(21)22)7-3-2-4-8-16/h5-6,9,11H,2-4,7-8,10H2,1H3,(H,17,19)(H,18,20)(H,21,22). The number of aliphatic carboxylic acids is 1. The molecule has 1 fully saturated rings. The van der Waals surface area contributed by atoms with Gasteiger partial charge in [0, 0.05) is 6.54 Å². The molecule has 6 nitrogen and oxygen atoms in total. The van der Waals surface area contributed by atoms with E-state index < -0.39 is 17.4 Å². The summed E-state index contributed by atoms with van der Waals surface area (Å²) in [5, 5.41) is 16.6. The zero-order chi connectivity index (χ0) is 16.9. The number of nitrogens with one attached hydrogen (secondary N) is 2. The molecule has 1 aromatic rings. The van der Waals surface area contributed by atoms with Gasteiger partial charge in [-0.25, -0.2) is 0 Å². The van der Waals surface area contributed by atoms with Crippen LogP contribution in [-0.2, 0) is 9.59 Å². The SMILES string of the molecule is CC(NC(=O)c1cccs1)C(=O)NCC1(C(=O)O)CCCCC1. The van der Waals surface area contributed by atoms with E-state index in [0.717, 1.165) is 19.3 Å². The summed E-state index contributed by atoms with van der Waals surface area (Å²) < 4.78 is 0. The van der Waals surface area contributed by atoms with Crippen molar-refractivity contribution in [3.8, 4) is 0 Å². The second-order valence-electron chi connectivity index (χ2n) is 6.04. The van der Waals surface area contributed by atoms with Gasteiger partial charge in [-0.2, -0.15) is 0 Å². The van der Waals surface area contributed by atoms with Gasteiger partial charge in [0.2, 0.25) is 5.91 Å². The van der Waals surface area contributed by atoms with Crippen LogP contribution in [0.3, 0.4) is 0 Å². The van der Waals surface area contributed by atoms with Crippen LogP contribution in [0, 0.1) is 5.41 Å². The fraction of sp³-hybridized carbons (Fsp3) is 0.562. The molecule has 7 heteroatoms. The molecule has 3 N–H and O–H groups in total. The molecule has 1 heterocycles. The average Bonchev–Trinajstić information content (AvgIpc) is 3.07. The molecule has 0 aliphatic heterocycles. The highest BCUT2D eigenvalue weighted by molar-refractivity contribution is 7.12. The van der Waals surface area contributed by atoms with Crippen LogP contribution >= 0.6 is 11.3 Å². The van der Waals surface area contributed by atoms with E-state index in [1.165, 1.54) is 11.3 Å². The number of carboxylic acid groups (broad SMARTS) is 1. The first kappa shape index (κ1) is 17.5. The van der Waals surface area contributed by atoms with Crippen LogP contribution in [-0.4, -0.2) is 35.5 Å². The molecule has 1 aromatic heterocycles. The molecule has 0 spiro atoms. The van der Waals surface area contributed by atoms with Crippen molar-refractivity contribution in [3.63, 3.8) is 0 Å². The molecule has 0 bridgehead atoms. The van der Waals surface area contributed by atoms with Crippen molar-refractivity contribution in [2.45, 2.75) is 45.1 Å². The number of hydrogen-bond acceptors (Lipinski definition) is 4. The topological polar surface area (TPSA) is 95.5 Å². The van der Waals surface area contributed by atoms with E-state index >= 15 is 0 Å². The molecule has 23 heavy (non-hydrogen) atoms. The summed E-state index contributed by atoms with van der Waals surface area (Å²) in [6.07, 6.45) is 3.94. The van der Waals surface area contributed by atoms with Crippen molar-refractivity contribution in [1.82, 2.24) is 10.6 Å². The number of hydrogen-bond donors (Lipinski definition) is 3. The Morgan fingerprint density at radius 2 is 2.00 bits per heavy atom. The molecule has 2 rings (SSSR count). The van der Waals surface area contributed by atoms with Gasteiger partial charge in [-0.3, -0.25) is 14.4 Å². The summed E-state index contributed by atoms with van der Waals surface area (Å²) in [5.74, 6) is -1.51. The van der Waals surface area contributed by atoms with Crippen molar-refractivity contribution >= 4 is 29.1 Å². The second kappa shape index (κ2) is 7.59. The Bertz CT molecular complexity index is 565. The highest BCUT2D eigenvalue weighted by Crippen LogP contribution is 2.36. The van der Waals surface area contributed by atoms with Gasteiger partial charge >= 0.3 is 5.97 Å². The number of thiophene rings is 1. The van der Waals surface area contributed by atoms with Crippen molar-refractivity contribution < 1.29 is 19.5 Å². The fourth-order valence-corrected chi connectivity index (χ4v) is 3.47. The van der Waals surface area contributed by atoms with E-state index in [1.807, 2.05) is 0 Å². The smallest absolute Gasteiger partial charge is 0.311 e. The van der Waals surface area contributed by atoms with Crippen LogP contribution in [0.1, 0.15) is 48.7 Å². The summed E-state index contributed by atoms with van der Waals surface area (Å²) in [6, 6.07) is 2.75. The lowest BCUT2D eigenvalue weighted by Gasteiger charge is -2.33. The number of carboxylic acids is 1. The molecule has 1 aliphatic rings. The highest BCUT2D eigenvalue weighted by Gasteiger charge is 2.40. The quantitative estimate of drug-likeness (QED) is 0.739. The minimum atomic E-state index is -0.870. The van der Waals surface area contributed by atoms with E-state index in [2.05, 4.69) is 10.6 Å².